The molecule has 9 heteroatoms. The van der Waals surface area contributed by atoms with E-state index in [0.29, 0.717) is 50.6 Å². The van der Waals surface area contributed by atoms with Gasteiger partial charge in [-0.05, 0) is 53.1 Å². The fourth-order valence-corrected chi connectivity index (χ4v) is 4.72. The van der Waals surface area contributed by atoms with Gasteiger partial charge in [0.2, 0.25) is 6.79 Å². The Morgan fingerprint density at radius 3 is 2.39 bits per heavy atom. The number of piperazine rings is 1. The molecule has 3 aromatic carbocycles. The highest BCUT2D eigenvalue weighted by Gasteiger charge is 2.27. The number of aliphatic hydroxyl groups excluding tert-OH is 1. The largest absolute Gasteiger partial charge is 0.465 e. The van der Waals surface area contributed by atoms with Gasteiger partial charge in [-0.25, -0.2) is 9.59 Å². The quantitative estimate of drug-likeness (QED) is 0.479. The first-order chi connectivity index (χ1) is 18.6. The summed E-state index contributed by atoms with van der Waals surface area (Å²) in [5, 5.41) is 9.26. The van der Waals surface area contributed by atoms with Gasteiger partial charge in [-0.3, -0.25) is 9.80 Å². The van der Waals surface area contributed by atoms with E-state index in [4.69, 9.17) is 14.2 Å². The van der Waals surface area contributed by atoms with Crippen molar-refractivity contribution in [2.24, 2.45) is 0 Å². The van der Waals surface area contributed by atoms with Crippen LogP contribution < -0.4 is 14.4 Å². The summed E-state index contributed by atoms with van der Waals surface area (Å²) in [6, 6.07) is 20.7. The lowest BCUT2D eigenvalue weighted by atomic mass is 10.0. The van der Waals surface area contributed by atoms with Crippen molar-refractivity contribution in [2.45, 2.75) is 6.54 Å². The van der Waals surface area contributed by atoms with Gasteiger partial charge in [-0.2, -0.15) is 0 Å². The maximum absolute atomic E-state index is 13.9. The Hall–Kier alpha value is -4.08. The molecule has 1 saturated heterocycles. The third kappa shape index (κ3) is 5.58. The van der Waals surface area contributed by atoms with Gasteiger partial charge < -0.3 is 24.2 Å². The van der Waals surface area contributed by atoms with Crippen LogP contribution in [0.15, 0.2) is 66.7 Å². The van der Waals surface area contributed by atoms with Crippen LogP contribution in [-0.4, -0.2) is 80.1 Å². The van der Waals surface area contributed by atoms with Gasteiger partial charge in [0.05, 0.1) is 25.8 Å². The van der Waals surface area contributed by atoms with E-state index in [9.17, 15) is 14.7 Å². The van der Waals surface area contributed by atoms with Gasteiger partial charge in [0, 0.05) is 38.4 Å². The van der Waals surface area contributed by atoms with Crippen LogP contribution in [-0.2, 0) is 11.3 Å². The predicted octanol–water partition coefficient (Wildman–Crippen LogP) is 3.61. The molecular weight excluding hydrogens is 486 g/mol. The lowest BCUT2D eigenvalue weighted by Crippen LogP contribution is -2.53. The molecule has 38 heavy (non-hydrogen) atoms. The summed E-state index contributed by atoms with van der Waals surface area (Å²) < 4.78 is 15.8. The number of hydrogen-bond acceptors (Lipinski definition) is 7. The summed E-state index contributed by atoms with van der Waals surface area (Å²) in [5.74, 6) is 1.02. The normalized spacial score (nSPS) is 14.8. The Kier molecular flexibility index (Phi) is 7.76. The van der Waals surface area contributed by atoms with Crippen molar-refractivity contribution >= 4 is 17.7 Å². The number of β-amino-alcohol motifs (C(OH)–C–C–N with tert-alkyl or cyclic N) is 1. The highest BCUT2D eigenvalue weighted by Crippen LogP contribution is 2.37. The lowest BCUT2D eigenvalue weighted by Gasteiger charge is -2.37. The van der Waals surface area contributed by atoms with Crippen molar-refractivity contribution in [3.05, 3.63) is 77.9 Å². The second-order valence-corrected chi connectivity index (χ2v) is 9.23. The smallest absolute Gasteiger partial charge is 0.337 e. The number of ether oxygens (including phenoxy) is 3. The Morgan fingerprint density at radius 2 is 1.66 bits per heavy atom. The van der Waals surface area contributed by atoms with E-state index < -0.39 is 5.97 Å². The zero-order valence-corrected chi connectivity index (χ0v) is 21.3. The molecule has 198 valence electrons. The van der Waals surface area contributed by atoms with Crippen LogP contribution in [0.25, 0.3) is 11.1 Å². The molecule has 0 spiro atoms. The average Bonchev–Trinajstić information content (AvgIpc) is 3.44. The highest BCUT2D eigenvalue weighted by molar-refractivity contribution is 5.93. The molecule has 1 N–H and O–H groups in total. The number of methoxy groups -OCH3 is 1. The third-order valence-corrected chi connectivity index (χ3v) is 6.87. The molecule has 0 aliphatic carbocycles. The minimum atomic E-state index is -0.401. The van der Waals surface area contributed by atoms with Crippen LogP contribution in [0.4, 0.5) is 10.5 Å². The van der Waals surface area contributed by atoms with Crippen LogP contribution in [0.5, 0.6) is 11.5 Å². The number of amides is 2. The molecule has 5 rings (SSSR count). The molecule has 0 bridgehead atoms. The Balaban J connectivity index is 1.43. The minimum absolute atomic E-state index is 0.0893. The van der Waals surface area contributed by atoms with Crippen molar-refractivity contribution in [3.8, 4) is 22.6 Å². The number of nitrogens with zero attached hydrogens (tertiary/aromatic N) is 3. The molecule has 2 aliphatic heterocycles. The summed E-state index contributed by atoms with van der Waals surface area (Å²) >= 11 is 0. The van der Waals surface area contributed by atoms with Crippen LogP contribution in [0.1, 0.15) is 15.9 Å². The van der Waals surface area contributed by atoms with Crippen LogP contribution >= 0.6 is 0 Å². The average molecular weight is 518 g/mol. The molecule has 2 amide bonds. The van der Waals surface area contributed by atoms with E-state index in [1.807, 2.05) is 59.5 Å². The molecule has 1 fully saturated rings. The fourth-order valence-electron chi connectivity index (χ4n) is 4.72. The van der Waals surface area contributed by atoms with Crippen molar-refractivity contribution in [1.82, 2.24) is 9.80 Å². The third-order valence-electron chi connectivity index (χ3n) is 6.87. The molecule has 0 unspecified atom stereocenters. The van der Waals surface area contributed by atoms with Crippen LogP contribution in [0.3, 0.4) is 0 Å². The van der Waals surface area contributed by atoms with Crippen LogP contribution in [0, 0.1) is 0 Å². The molecule has 2 aliphatic rings. The molecular formula is C29H31N3O6. The summed E-state index contributed by atoms with van der Waals surface area (Å²) in [7, 11) is 1.35. The van der Waals surface area contributed by atoms with E-state index in [1.54, 1.807) is 17.0 Å². The Bertz CT molecular complexity index is 1290. The molecule has 9 nitrogen and oxygen atoms in total. The minimum Gasteiger partial charge on any atom is -0.465 e. The van der Waals surface area contributed by atoms with E-state index in [1.165, 1.54) is 7.11 Å². The second kappa shape index (κ2) is 11.5. The molecule has 0 radical (unpaired) electrons. The van der Waals surface area contributed by atoms with Gasteiger partial charge in [0.1, 0.15) is 0 Å². The van der Waals surface area contributed by atoms with Gasteiger partial charge in [0.25, 0.3) is 0 Å². The van der Waals surface area contributed by atoms with E-state index in [0.717, 1.165) is 28.1 Å². The number of carbonyl (C=O) groups excluding carboxylic acids is 2. The zero-order chi connectivity index (χ0) is 26.5. The number of fused-ring (bicyclic) bond motifs is 1. The summed E-state index contributed by atoms with van der Waals surface area (Å²) in [6.45, 7) is 3.85. The number of hydrogen-bond donors (Lipinski definition) is 1. The molecule has 0 aromatic heterocycles. The number of esters is 1. The summed E-state index contributed by atoms with van der Waals surface area (Å²) in [4.78, 5) is 31.5. The number of aliphatic hydroxyl groups is 1. The SMILES string of the molecule is COC(=O)c1ccc(CN(C(=O)N2CCN(CCO)CC2)c2cccc(-c3ccc4c(c3)OCO4)c2)cc1. The highest BCUT2D eigenvalue weighted by atomic mass is 16.7. The van der Waals surface area contributed by atoms with Crippen LogP contribution in [0.2, 0.25) is 0 Å². The van der Waals surface area contributed by atoms with Crippen molar-refractivity contribution in [2.75, 3.05) is 58.1 Å². The number of anilines is 1. The van der Waals surface area contributed by atoms with Crippen molar-refractivity contribution in [1.29, 1.82) is 0 Å². The number of rotatable bonds is 7. The molecule has 3 aromatic rings. The first kappa shape index (κ1) is 25.6. The van der Waals surface area contributed by atoms with Crippen molar-refractivity contribution < 1.29 is 28.9 Å². The first-order valence-corrected chi connectivity index (χ1v) is 12.6. The predicted molar refractivity (Wildman–Crippen MR) is 142 cm³/mol. The monoisotopic (exact) mass is 517 g/mol. The molecule has 2 heterocycles. The zero-order valence-electron chi connectivity index (χ0n) is 21.3. The van der Waals surface area contributed by atoms with E-state index in [-0.39, 0.29) is 19.4 Å². The standard InChI is InChI=1S/C29H31N3O6/c1-36-28(34)22-7-5-21(6-8-22)19-32(29(35)31-13-11-30(12-14-31)15-16-33)25-4-2-3-23(17-25)24-9-10-26-27(18-24)38-20-37-26/h2-10,17-18,33H,11-16,19-20H2,1H3. The fraction of sp³-hybridized carbons (Fsp3) is 0.310. The van der Waals surface area contributed by atoms with E-state index >= 15 is 0 Å². The lowest BCUT2D eigenvalue weighted by molar-refractivity contribution is 0.0600. The second-order valence-electron chi connectivity index (χ2n) is 9.23. The number of urea groups is 1. The molecule has 0 atom stereocenters. The Morgan fingerprint density at radius 1 is 0.921 bits per heavy atom. The van der Waals surface area contributed by atoms with Gasteiger partial charge >= 0.3 is 12.0 Å². The first-order valence-electron chi connectivity index (χ1n) is 12.6. The number of carbonyl (C=O) groups is 2. The van der Waals surface area contributed by atoms with E-state index in [2.05, 4.69) is 4.90 Å². The number of benzene rings is 3. The van der Waals surface area contributed by atoms with Gasteiger partial charge in [-0.15, -0.1) is 0 Å². The topological polar surface area (TPSA) is 91.8 Å². The van der Waals surface area contributed by atoms with Gasteiger partial charge in [-0.1, -0.05) is 30.3 Å². The summed E-state index contributed by atoms with van der Waals surface area (Å²) in [6.07, 6.45) is 0. The molecule has 0 saturated carbocycles. The maximum atomic E-state index is 13.9. The Labute approximate surface area is 221 Å². The maximum Gasteiger partial charge on any atom is 0.337 e. The van der Waals surface area contributed by atoms with Crippen molar-refractivity contribution in [3.63, 3.8) is 0 Å². The van der Waals surface area contributed by atoms with Gasteiger partial charge in [0.15, 0.2) is 11.5 Å². The summed E-state index contributed by atoms with van der Waals surface area (Å²) in [5.41, 5.74) is 4.02.